The minimum Gasteiger partial charge on any atom is -0.322 e. The minimum absolute atomic E-state index is 0.0411. The molecule has 5 nitrogen and oxygen atoms in total. The van der Waals surface area contributed by atoms with E-state index in [4.69, 9.17) is 0 Å². The van der Waals surface area contributed by atoms with E-state index in [-0.39, 0.29) is 11.5 Å². The number of fused-ring (bicyclic) bond motifs is 1. The van der Waals surface area contributed by atoms with E-state index in [1.165, 1.54) is 24.2 Å². The van der Waals surface area contributed by atoms with Crippen molar-refractivity contribution in [2.75, 3.05) is 5.32 Å². The highest BCUT2D eigenvalue weighted by Crippen LogP contribution is 2.31. The number of aryl methyl sites for hydroxylation is 3. The molecule has 0 unspecified atom stereocenters. The molecule has 0 spiro atoms. The van der Waals surface area contributed by atoms with Gasteiger partial charge in [-0.1, -0.05) is 17.7 Å². The second-order valence-electron chi connectivity index (χ2n) is 7.13. The lowest BCUT2D eigenvalue weighted by atomic mass is 10.1. The van der Waals surface area contributed by atoms with Gasteiger partial charge in [0.25, 0.3) is 11.5 Å². The van der Waals surface area contributed by atoms with Gasteiger partial charge in [-0.2, -0.15) is 0 Å². The van der Waals surface area contributed by atoms with Crippen molar-refractivity contribution in [1.82, 2.24) is 9.55 Å². The van der Waals surface area contributed by atoms with Crippen molar-refractivity contribution in [1.29, 1.82) is 0 Å². The number of nitrogens with zero attached hydrogens (tertiary/aromatic N) is 2. The van der Waals surface area contributed by atoms with Gasteiger partial charge in [-0.05, 0) is 51.2 Å². The maximum Gasteiger partial charge on any atom is 0.271 e. The summed E-state index contributed by atoms with van der Waals surface area (Å²) in [5.41, 5.74) is 3.90. The van der Waals surface area contributed by atoms with E-state index in [1.54, 1.807) is 10.9 Å². The smallest absolute Gasteiger partial charge is 0.271 e. The number of thiophene rings is 1. The van der Waals surface area contributed by atoms with Gasteiger partial charge in [-0.15, -0.1) is 11.3 Å². The fourth-order valence-electron chi connectivity index (χ4n) is 3.23. The van der Waals surface area contributed by atoms with E-state index in [0.29, 0.717) is 21.7 Å². The number of aromatic nitrogens is 2. The quantitative estimate of drug-likeness (QED) is 0.757. The zero-order valence-electron chi connectivity index (χ0n) is 15.1. The van der Waals surface area contributed by atoms with Crippen LogP contribution in [0.3, 0.4) is 0 Å². The molecule has 1 N–H and O–H groups in total. The molecule has 6 heteroatoms. The number of carbonyl (C=O) groups is 1. The molecule has 0 saturated heterocycles. The maximum absolute atomic E-state index is 12.9. The van der Waals surface area contributed by atoms with Crippen LogP contribution < -0.4 is 10.9 Å². The molecule has 26 heavy (non-hydrogen) atoms. The number of hydrogen-bond donors (Lipinski definition) is 1. The second-order valence-corrected chi connectivity index (χ2v) is 8.35. The van der Waals surface area contributed by atoms with Crippen LogP contribution >= 0.6 is 11.3 Å². The van der Waals surface area contributed by atoms with Crippen LogP contribution in [-0.4, -0.2) is 15.5 Å². The summed E-state index contributed by atoms with van der Waals surface area (Å²) in [5.74, 6) is 0.382. The van der Waals surface area contributed by atoms with E-state index >= 15 is 0 Å². The van der Waals surface area contributed by atoms with Crippen LogP contribution in [0.2, 0.25) is 0 Å². The summed E-state index contributed by atoms with van der Waals surface area (Å²) >= 11 is 1.36. The van der Waals surface area contributed by atoms with Crippen LogP contribution in [0.25, 0.3) is 10.2 Å². The number of carbonyl (C=O) groups excluding carboxylic acids is 1. The van der Waals surface area contributed by atoms with Crippen molar-refractivity contribution in [2.45, 2.75) is 40.2 Å². The molecule has 0 bridgehead atoms. The molecule has 1 aromatic carbocycles. The Bertz CT molecular complexity index is 1080. The monoisotopic (exact) mass is 367 g/mol. The first-order valence-corrected chi connectivity index (χ1v) is 9.63. The van der Waals surface area contributed by atoms with Gasteiger partial charge in [0.1, 0.15) is 10.2 Å². The van der Waals surface area contributed by atoms with Gasteiger partial charge >= 0.3 is 0 Å². The molecular formula is C20H21N3O2S. The van der Waals surface area contributed by atoms with Gasteiger partial charge in [-0.3, -0.25) is 14.2 Å². The first kappa shape index (κ1) is 17.0. The Hall–Kier alpha value is -2.47. The summed E-state index contributed by atoms with van der Waals surface area (Å²) in [6.07, 6.45) is 3.94. The predicted molar refractivity (Wildman–Crippen MR) is 105 cm³/mol. The number of amides is 1. The van der Waals surface area contributed by atoms with Crippen molar-refractivity contribution >= 4 is 33.1 Å². The molecule has 1 saturated carbocycles. The van der Waals surface area contributed by atoms with Gasteiger partial charge in [-0.25, -0.2) is 4.98 Å². The Balaban J connectivity index is 1.71. The fourth-order valence-corrected chi connectivity index (χ4v) is 4.28. The van der Waals surface area contributed by atoms with E-state index < -0.39 is 0 Å². The third kappa shape index (κ3) is 3.05. The summed E-state index contributed by atoms with van der Waals surface area (Å²) in [6, 6.07) is 5.90. The predicted octanol–water partition coefficient (Wildman–Crippen LogP) is 4.05. The molecule has 0 atom stereocenters. The number of benzene rings is 1. The van der Waals surface area contributed by atoms with Crippen molar-refractivity contribution in [3.63, 3.8) is 0 Å². The third-order valence-electron chi connectivity index (χ3n) is 4.85. The Kier molecular flexibility index (Phi) is 4.15. The number of hydrogen-bond acceptors (Lipinski definition) is 4. The average Bonchev–Trinajstić information content (AvgIpc) is 3.33. The molecule has 1 fully saturated rings. The van der Waals surface area contributed by atoms with Crippen LogP contribution in [-0.2, 0) is 6.54 Å². The molecule has 1 aliphatic carbocycles. The largest absolute Gasteiger partial charge is 0.322 e. The van der Waals surface area contributed by atoms with Crippen LogP contribution in [0.15, 0.2) is 29.3 Å². The number of anilines is 1. The van der Waals surface area contributed by atoms with Crippen LogP contribution in [0.5, 0.6) is 0 Å². The molecular weight excluding hydrogens is 346 g/mol. The standard InChI is InChI=1S/C20H21N3O2S/c1-11-4-7-15(12(2)8-11)22-19(24)16-13(3)26-18-17(16)21-10-23(20(18)25)9-14-5-6-14/h4,7-8,10,14H,5-6,9H2,1-3H3,(H,22,24). The Labute approximate surface area is 155 Å². The lowest BCUT2D eigenvalue weighted by molar-refractivity contribution is 0.102. The van der Waals surface area contributed by atoms with Crippen LogP contribution in [0.4, 0.5) is 5.69 Å². The van der Waals surface area contributed by atoms with E-state index in [9.17, 15) is 9.59 Å². The van der Waals surface area contributed by atoms with E-state index in [2.05, 4.69) is 10.3 Å². The van der Waals surface area contributed by atoms with Gasteiger partial charge in [0.2, 0.25) is 0 Å². The highest BCUT2D eigenvalue weighted by Gasteiger charge is 2.25. The lowest BCUT2D eigenvalue weighted by Gasteiger charge is -2.09. The number of rotatable bonds is 4. The fraction of sp³-hybridized carbons (Fsp3) is 0.350. The van der Waals surface area contributed by atoms with Crippen molar-refractivity contribution < 1.29 is 4.79 Å². The summed E-state index contributed by atoms with van der Waals surface area (Å²) in [5, 5.41) is 2.97. The molecule has 2 aromatic heterocycles. The highest BCUT2D eigenvalue weighted by molar-refractivity contribution is 7.19. The Morgan fingerprint density at radius 3 is 2.77 bits per heavy atom. The zero-order chi connectivity index (χ0) is 18.4. The van der Waals surface area contributed by atoms with E-state index in [0.717, 1.165) is 28.2 Å². The Morgan fingerprint density at radius 2 is 2.08 bits per heavy atom. The lowest BCUT2D eigenvalue weighted by Crippen LogP contribution is -2.21. The van der Waals surface area contributed by atoms with Crippen LogP contribution in [0, 0.1) is 26.7 Å². The molecule has 0 aliphatic heterocycles. The molecule has 1 aliphatic rings. The third-order valence-corrected chi connectivity index (χ3v) is 5.93. The zero-order valence-corrected chi connectivity index (χ0v) is 15.9. The molecule has 4 rings (SSSR count). The average molecular weight is 367 g/mol. The van der Waals surface area contributed by atoms with Gasteiger partial charge in [0.15, 0.2) is 0 Å². The van der Waals surface area contributed by atoms with Gasteiger partial charge in [0.05, 0.1) is 11.9 Å². The molecule has 134 valence electrons. The normalized spacial score (nSPS) is 14.0. The topological polar surface area (TPSA) is 64.0 Å². The highest BCUT2D eigenvalue weighted by atomic mass is 32.1. The molecule has 3 aromatic rings. The van der Waals surface area contributed by atoms with Crippen molar-refractivity contribution in [2.24, 2.45) is 5.92 Å². The first-order chi connectivity index (χ1) is 12.4. The maximum atomic E-state index is 12.9. The first-order valence-electron chi connectivity index (χ1n) is 8.81. The van der Waals surface area contributed by atoms with Crippen molar-refractivity contribution in [3.05, 3.63) is 56.4 Å². The summed E-state index contributed by atoms with van der Waals surface area (Å²) in [7, 11) is 0. The summed E-state index contributed by atoms with van der Waals surface area (Å²) in [6.45, 7) is 6.58. The number of nitrogens with one attached hydrogen (secondary N) is 1. The Morgan fingerprint density at radius 1 is 1.31 bits per heavy atom. The molecule has 1 amide bonds. The van der Waals surface area contributed by atoms with Gasteiger partial charge in [0, 0.05) is 17.1 Å². The van der Waals surface area contributed by atoms with Crippen molar-refractivity contribution in [3.8, 4) is 0 Å². The minimum atomic E-state index is -0.215. The molecule has 0 radical (unpaired) electrons. The van der Waals surface area contributed by atoms with Gasteiger partial charge < -0.3 is 5.32 Å². The SMILES string of the molecule is Cc1ccc(NC(=O)c2c(C)sc3c(=O)n(CC4CC4)cnc23)c(C)c1. The second kappa shape index (κ2) is 6.36. The summed E-state index contributed by atoms with van der Waals surface area (Å²) in [4.78, 5) is 30.9. The molecule has 2 heterocycles. The van der Waals surface area contributed by atoms with E-state index in [1.807, 2.05) is 39.0 Å². The summed E-state index contributed by atoms with van der Waals surface area (Å²) < 4.78 is 2.25. The van der Waals surface area contributed by atoms with Crippen LogP contribution in [0.1, 0.15) is 39.2 Å².